The van der Waals surface area contributed by atoms with E-state index in [2.05, 4.69) is 0 Å². The first-order chi connectivity index (χ1) is 13.4. The number of ether oxygens (including phenoxy) is 1. The van der Waals surface area contributed by atoms with Gasteiger partial charge in [-0.05, 0) is 43.7 Å². The quantitative estimate of drug-likeness (QED) is 0.718. The molecule has 0 aromatic heterocycles. The number of hydrogen-bond donors (Lipinski definition) is 0. The van der Waals surface area contributed by atoms with Gasteiger partial charge in [0.2, 0.25) is 5.91 Å². The van der Waals surface area contributed by atoms with E-state index in [9.17, 15) is 14.4 Å². The molecule has 0 bridgehead atoms. The molecule has 7 heteroatoms. The maximum absolute atomic E-state index is 12.6. The summed E-state index contributed by atoms with van der Waals surface area (Å²) in [6.45, 7) is 2.09. The summed E-state index contributed by atoms with van der Waals surface area (Å²) < 4.78 is 5.35. The molecule has 0 unspecified atom stereocenters. The van der Waals surface area contributed by atoms with Crippen LogP contribution in [0.4, 0.5) is 11.4 Å². The van der Waals surface area contributed by atoms with E-state index in [0.29, 0.717) is 29.4 Å². The van der Waals surface area contributed by atoms with E-state index in [1.165, 1.54) is 24.0 Å². The second kappa shape index (κ2) is 8.44. The van der Waals surface area contributed by atoms with Crippen LogP contribution in [0.2, 0.25) is 5.02 Å². The van der Waals surface area contributed by atoms with Crippen molar-refractivity contribution in [2.45, 2.75) is 25.9 Å². The van der Waals surface area contributed by atoms with Crippen molar-refractivity contribution < 1.29 is 19.1 Å². The topological polar surface area (TPSA) is 66.9 Å². The summed E-state index contributed by atoms with van der Waals surface area (Å²) in [6, 6.07) is 13.7. The fraction of sp³-hybridized carbons (Fsp3) is 0.286. The van der Waals surface area contributed by atoms with E-state index in [1.807, 2.05) is 18.2 Å². The second-order valence-corrected chi connectivity index (χ2v) is 7.00. The van der Waals surface area contributed by atoms with Crippen LogP contribution < -0.4 is 9.80 Å². The molecule has 2 aromatic rings. The smallest absolute Gasteiger partial charge is 0.338 e. The molecule has 146 valence electrons. The van der Waals surface area contributed by atoms with Crippen molar-refractivity contribution in [3.63, 3.8) is 0 Å². The Kier molecular flexibility index (Phi) is 5.99. The monoisotopic (exact) mass is 400 g/mol. The Morgan fingerprint density at radius 1 is 1.18 bits per heavy atom. The third kappa shape index (κ3) is 4.17. The average molecular weight is 401 g/mol. The van der Waals surface area contributed by atoms with Gasteiger partial charge in [0.05, 0.1) is 16.3 Å². The van der Waals surface area contributed by atoms with Crippen LogP contribution in [-0.4, -0.2) is 37.5 Å². The molecule has 1 heterocycles. The lowest BCUT2D eigenvalue weighted by atomic mass is 10.2. The highest BCUT2D eigenvalue weighted by atomic mass is 35.5. The van der Waals surface area contributed by atoms with Crippen LogP contribution in [0.1, 0.15) is 30.1 Å². The minimum absolute atomic E-state index is 0.0274. The molecule has 1 aliphatic rings. The van der Waals surface area contributed by atoms with Gasteiger partial charge in [-0.3, -0.25) is 9.59 Å². The van der Waals surface area contributed by atoms with Gasteiger partial charge in [-0.15, -0.1) is 0 Å². The molecule has 0 spiro atoms. The molecule has 2 amide bonds. The zero-order chi connectivity index (χ0) is 20.3. The highest BCUT2D eigenvalue weighted by Crippen LogP contribution is 2.30. The van der Waals surface area contributed by atoms with Gasteiger partial charge in [0.15, 0.2) is 6.10 Å². The number of halogens is 1. The number of para-hydroxylation sites is 1. The summed E-state index contributed by atoms with van der Waals surface area (Å²) >= 11 is 6.21. The molecular formula is C21H21ClN2O4. The summed E-state index contributed by atoms with van der Waals surface area (Å²) in [4.78, 5) is 40.1. The number of rotatable bonds is 5. The molecule has 6 nitrogen and oxygen atoms in total. The van der Waals surface area contributed by atoms with Crippen molar-refractivity contribution >= 4 is 40.8 Å². The average Bonchev–Trinajstić information content (AvgIpc) is 3.13. The minimum atomic E-state index is -0.967. The molecule has 1 atom stereocenters. The molecular weight excluding hydrogens is 380 g/mol. The number of esters is 1. The standard InChI is InChI=1S/C21H21ClN2O4/c1-14(20(26)23(2)16-7-4-3-5-8-16)28-21(27)15-10-11-17(22)18(13-15)24-12-6-9-19(24)25/h3-5,7-8,10-11,13-14H,6,9,12H2,1-2H3/t14-/m1/s1. The van der Waals surface area contributed by atoms with Crippen LogP contribution >= 0.6 is 11.6 Å². The van der Waals surface area contributed by atoms with Gasteiger partial charge in [-0.25, -0.2) is 4.79 Å². The van der Waals surface area contributed by atoms with Crippen molar-refractivity contribution in [2.24, 2.45) is 0 Å². The molecule has 1 saturated heterocycles. The normalized spacial score (nSPS) is 14.7. The zero-order valence-electron chi connectivity index (χ0n) is 15.7. The molecule has 0 saturated carbocycles. The van der Waals surface area contributed by atoms with E-state index in [0.717, 1.165) is 6.42 Å². The van der Waals surface area contributed by atoms with Crippen molar-refractivity contribution in [3.05, 3.63) is 59.1 Å². The van der Waals surface area contributed by atoms with Gasteiger partial charge < -0.3 is 14.5 Å². The lowest BCUT2D eigenvalue weighted by molar-refractivity contribution is -0.126. The molecule has 2 aromatic carbocycles. The maximum atomic E-state index is 12.6. The predicted molar refractivity (Wildman–Crippen MR) is 108 cm³/mol. The number of anilines is 2. The third-order valence-corrected chi connectivity index (χ3v) is 4.97. The zero-order valence-corrected chi connectivity index (χ0v) is 16.5. The fourth-order valence-electron chi connectivity index (χ4n) is 3.08. The molecule has 3 rings (SSSR count). The Morgan fingerprint density at radius 3 is 2.54 bits per heavy atom. The van der Waals surface area contributed by atoms with Gasteiger partial charge >= 0.3 is 5.97 Å². The van der Waals surface area contributed by atoms with Crippen LogP contribution in [0.15, 0.2) is 48.5 Å². The van der Waals surface area contributed by atoms with Crippen molar-refractivity contribution in [1.82, 2.24) is 0 Å². The number of carbonyl (C=O) groups is 3. The minimum Gasteiger partial charge on any atom is -0.449 e. The van der Waals surface area contributed by atoms with E-state index >= 15 is 0 Å². The summed E-state index contributed by atoms with van der Waals surface area (Å²) in [6.07, 6.45) is 0.244. The van der Waals surface area contributed by atoms with E-state index in [4.69, 9.17) is 16.3 Å². The summed E-state index contributed by atoms with van der Waals surface area (Å²) in [5.41, 5.74) is 1.43. The summed E-state index contributed by atoms with van der Waals surface area (Å²) in [5, 5.41) is 0.389. The van der Waals surface area contributed by atoms with Gasteiger partial charge in [-0.2, -0.15) is 0 Å². The molecule has 0 N–H and O–H groups in total. The van der Waals surface area contributed by atoms with Gasteiger partial charge in [0.1, 0.15) is 0 Å². The Labute approximate surface area is 168 Å². The number of likely N-dealkylation sites (N-methyl/N-ethyl adjacent to an activating group) is 1. The Morgan fingerprint density at radius 2 is 1.89 bits per heavy atom. The van der Waals surface area contributed by atoms with E-state index < -0.39 is 12.1 Å². The number of benzene rings is 2. The van der Waals surface area contributed by atoms with Gasteiger partial charge in [0, 0.05) is 25.7 Å². The van der Waals surface area contributed by atoms with Crippen LogP contribution in [0.3, 0.4) is 0 Å². The SMILES string of the molecule is C[C@@H](OC(=O)c1ccc(Cl)c(N2CCCC2=O)c1)C(=O)N(C)c1ccccc1. The first kappa shape index (κ1) is 19.9. The maximum Gasteiger partial charge on any atom is 0.338 e. The van der Waals surface area contributed by atoms with Gasteiger partial charge in [0.25, 0.3) is 5.91 Å². The Balaban J connectivity index is 1.72. The van der Waals surface area contributed by atoms with Crippen molar-refractivity contribution in [1.29, 1.82) is 0 Å². The largest absolute Gasteiger partial charge is 0.449 e. The number of carbonyl (C=O) groups excluding carboxylic acids is 3. The molecule has 1 fully saturated rings. The highest BCUT2D eigenvalue weighted by molar-refractivity contribution is 6.34. The molecule has 0 radical (unpaired) electrons. The lowest BCUT2D eigenvalue weighted by Crippen LogP contribution is -2.37. The number of hydrogen-bond acceptors (Lipinski definition) is 4. The Hall–Kier alpha value is -2.86. The van der Waals surface area contributed by atoms with Crippen molar-refractivity contribution in [3.8, 4) is 0 Å². The second-order valence-electron chi connectivity index (χ2n) is 6.60. The summed E-state index contributed by atoms with van der Waals surface area (Å²) in [5.74, 6) is -1.02. The van der Waals surface area contributed by atoms with Crippen LogP contribution in [0, 0.1) is 0 Å². The number of amides is 2. The van der Waals surface area contributed by atoms with E-state index in [1.54, 1.807) is 30.1 Å². The van der Waals surface area contributed by atoms with E-state index in [-0.39, 0.29) is 17.4 Å². The third-order valence-electron chi connectivity index (χ3n) is 4.65. The molecule has 0 aliphatic carbocycles. The molecule has 28 heavy (non-hydrogen) atoms. The number of nitrogens with zero attached hydrogens (tertiary/aromatic N) is 2. The first-order valence-corrected chi connectivity index (χ1v) is 9.40. The van der Waals surface area contributed by atoms with Gasteiger partial charge in [-0.1, -0.05) is 29.8 Å². The lowest BCUT2D eigenvalue weighted by Gasteiger charge is -2.22. The fourth-order valence-corrected chi connectivity index (χ4v) is 3.30. The Bertz CT molecular complexity index is 901. The highest BCUT2D eigenvalue weighted by Gasteiger charge is 2.26. The van der Waals surface area contributed by atoms with Crippen molar-refractivity contribution in [2.75, 3.05) is 23.4 Å². The predicted octanol–water partition coefficient (Wildman–Crippen LogP) is 3.68. The molecule has 1 aliphatic heterocycles. The first-order valence-electron chi connectivity index (χ1n) is 9.02. The van der Waals surface area contributed by atoms with Crippen LogP contribution in [0.5, 0.6) is 0 Å². The van der Waals surface area contributed by atoms with Crippen LogP contribution in [0.25, 0.3) is 0 Å². The summed E-state index contributed by atoms with van der Waals surface area (Å²) in [7, 11) is 1.63. The van der Waals surface area contributed by atoms with Crippen LogP contribution in [-0.2, 0) is 14.3 Å².